The zero-order valence-electron chi connectivity index (χ0n) is 17.4. The van der Waals surface area contributed by atoms with Gasteiger partial charge in [0, 0.05) is 29.0 Å². The summed E-state index contributed by atoms with van der Waals surface area (Å²) in [6.07, 6.45) is 10.5. The molecule has 0 radical (unpaired) electrons. The van der Waals surface area contributed by atoms with Crippen molar-refractivity contribution in [1.29, 1.82) is 0 Å². The fraction of sp³-hybridized carbons (Fsp3) is 0.240. The van der Waals surface area contributed by atoms with Crippen LogP contribution in [0, 0.1) is 11.7 Å². The van der Waals surface area contributed by atoms with Crippen LogP contribution < -0.4 is 4.74 Å². The number of carbonyl (C=O) groups excluding carboxylic acids is 1. The van der Waals surface area contributed by atoms with Crippen LogP contribution in [-0.2, 0) is 6.42 Å². The molecule has 0 amide bonds. The number of rotatable bonds is 7. The molecule has 5 rings (SSSR count). The van der Waals surface area contributed by atoms with Gasteiger partial charge in [-0.15, -0.1) is 0 Å². The normalized spacial score (nSPS) is 13.7. The summed E-state index contributed by atoms with van der Waals surface area (Å²) in [4.78, 5) is 30.2. The van der Waals surface area contributed by atoms with E-state index in [1.807, 2.05) is 12.1 Å². The quantitative estimate of drug-likeness (QED) is 0.392. The molecule has 1 aliphatic rings. The van der Waals surface area contributed by atoms with E-state index < -0.39 is 0 Å². The first kappa shape index (κ1) is 20.2. The highest BCUT2D eigenvalue weighted by Gasteiger charge is 2.18. The monoisotopic (exact) mass is 428 g/mol. The molecule has 0 spiro atoms. The van der Waals surface area contributed by atoms with E-state index in [4.69, 9.17) is 4.74 Å². The van der Waals surface area contributed by atoms with Gasteiger partial charge in [0.25, 0.3) is 0 Å². The Labute approximate surface area is 184 Å². The number of ketones is 1. The highest BCUT2D eigenvalue weighted by Crippen LogP contribution is 2.27. The van der Waals surface area contributed by atoms with Gasteiger partial charge in [0.05, 0.1) is 31.1 Å². The molecule has 0 saturated heterocycles. The van der Waals surface area contributed by atoms with Crippen LogP contribution in [0.3, 0.4) is 0 Å². The number of benzene rings is 1. The van der Waals surface area contributed by atoms with Crippen molar-refractivity contribution in [2.45, 2.75) is 25.7 Å². The van der Waals surface area contributed by atoms with Crippen molar-refractivity contribution < 1.29 is 13.9 Å². The molecule has 0 atom stereocenters. The predicted octanol–water partition coefficient (Wildman–Crippen LogP) is 4.83. The lowest BCUT2D eigenvalue weighted by Crippen LogP contribution is -2.19. The molecule has 160 valence electrons. The molecule has 6 nitrogen and oxygen atoms in total. The van der Waals surface area contributed by atoms with Crippen molar-refractivity contribution in [3.8, 4) is 17.3 Å². The Balaban J connectivity index is 1.36. The second-order valence-corrected chi connectivity index (χ2v) is 8.05. The Morgan fingerprint density at radius 3 is 2.56 bits per heavy atom. The van der Waals surface area contributed by atoms with Crippen molar-refractivity contribution in [3.63, 3.8) is 0 Å². The Morgan fingerprint density at radius 2 is 1.78 bits per heavy atom. The van der Waals surface area contributed by atoms with E-state index >= 15 is 0 Å². The van der Waals surface area contributed by atoms with E-state index in [1.165, 1.54) is 43.5 Å². The molecular formula is C25H21FN4O2. The van der Waals surface area contributed by atoms with E-state index in [1.54, 1.807) is 24.8 Å². The van der Waals surface area contributed by atoms with E-state index in [-0.39, 0.29) is 18.0 Å². The lowest BCUT2D eigenvalue weighted by atomic mass is 9.86. The molecule has 1 aliphatic carbocycles. The molecule has 32 heavy (non-hydrogen) atoms. The molecule has 0 aliphatic heterocycles. The maximum absolute atomic E-state index is 13.1. The van der Waals surface area contributed by atoms with Crippen molar-refractivity contribution in [2.24, 2.45) is 5.92 Å². The van der Waals surface area contributed by atoms with Crippen molar-refractivity contribution in [3.05, 3.63) is 78.3 Å². The second-order valence-electron chi connectivity index (χ2n) is 8.05. The number of fused-ring (bicyclic) bond motifs is 1. The maximum Gasteiger partial charge on any atom is 0.232 e. The van der Waals surface area contributed by atoms with E-state index in [9.17, 15) is 9.18 Å². The third kappa shape index (κ3) is 4.46. The lowest BCUT2D eigenvalue weighted by Gasteiger charge is -2.24. The van der Waals surface area contributed by atoms with Crippen molar-refractivity contribution in [2.75, 3.05) is 6.61 Å². The van der Waals surface area contributed by atoms with Gasteiger partial charge in [0.1, 0.15) is 11.5 Å². The molecule has 0 unspecified atom stereocenters. The van der Waals surface area contributed by atoms with Gasteiger partial charge < -0.3 is 4.74 Å². The maximum atomic E-state index is 13.1. The summed E-state index contributed by atoms with van der Waals surface area (Å²) in [6, 6.07) is 9.31. The lowest BCUT2D eigenvalue weighted by molar-refractivity contribution is 0.0992. The van der Waals surface area contributed by atoms with Gasteiger partial charge >= 0.3 is 0 Å². The van der Waals surface area contributed by atoms with E-state index in [0.717, 1.165) is 10.8 Å². The van der Waals surface area contributed by atoms with Crippen molar-refractivity contribution in [1.82, 2.24) is 19.9 Å². The first-order valence-corrected chi connectivity index (χ1v) is 10.6. The van der Waals surface area contributed by atoms with Crippen LogP contribution >= 0.6 is 0 Å². The summed E-state index contributed by atoms with van der Waals surface area (Å²) in [5.41, 5.74) is 2.38. The van der Waals surface area contributed by atoms with Gasteiger partial charge in [-0.3, -0.25) is 19.7 Å². The van der Waals surface area contributed by atoms with E-state index in [2.05, 4.69) is 19.9 Å². The zero-order chi connectivity index (χ0) is 21.9. The van der Waals surface area contributed by atoms with Gasteiger partial charge in [-0.25, -0.2) is 9.37 Å². The molecule has 0 N–H and O–H groups in total. The summed E-state index contributed by atoms with van der Waals surface area (Å²) >= 11 is 0. The van der Waals surface area contributed by atoms with Gasteiger partial charge in [-0.1, -0.05) is 6.42 Å². The topological polar surface area (TPSA) is 77.9 Å². The Bertz CT molecular complexity index is 1270. The zero-order valence-corrected chi connectivity index (χ0v) is 17.4. The molecule has 1 aromatic carbocycles. The number of halogens is 1. The summed E-state index contributed by atoms with van der Waals surface area (Å²) < 4.78 is 18.9. The first-order valence-electron chi connectivity index (χ1n) is 10.6. The summed E-state index contributed by atoms with van der Waals surface area (Å²) in [7, 11) is 0. The number of aromatic nitrogens is 4. The molecule has 3 heterocycles. The Morgan fingerprint density at radius 1 is 0.969 bits per heavy atom. The third-order valence-corrected chi connectivity index (χ3v) is 5.73. The summed E-state index contributed by atoms with van der Waals surface area (Å²) in [5, 5.41) is 1.76. The average Bonchev–Trinajstić information content (AvgIpc) is 2.78. The smallest absolute Gasteiger partial charge is 0.232 e. The molecule has 4 aromatic rings. The fourth-order valence-corrected chi connectivity index (χ4v) is 3.63. The second kappa shape index (κ2) is 8.78. The highest BCUT2D eigenvalue weighted by atomic mass is 19.1. The fourth-order valence-electron chi connectivity index (χ4n) is 3.63. The molecule has 1 saturated carbocycles. The van der Waals surface area contributed by atoms with Crippen LogP contribution in [0.1, 0.15) is 35.3 Å². The summed E-state index contributed by atoms with van der Waals surface area (Å²) in [6.45, 7) is 0.667. The van der Waals surface area contributed by atoms with Crippen LogP contribution in [0.25, 0.3) is 22.2 Å². The number of hydrogen-bond donors (Lipinski definition) is 0. The van der Waals surface area contributed by atoms with Crippen molar-refractivity contribution >= 4 is 16.6 Å². The number of carbonyl (C=O) groups is 1. The molecule has 1 fully saturated rings. The highest BCUT2D eigenvalue weighted by molar-refractivity contribution is 5.97. The number of pyridine rings is 2. The van der Waals surface area contributed by atoms with Crippen LogP contribution in [-0.4, -0.2) is 32.3 Å². The average molecular weight is 428 g/mol. The Hall–Kier alpha value is -3.74. The SMILES string of the molecule is O=C(Cc1cc2cc(-c3cncc(OCC4CCC4)n3)ncc2cn1)c1ccc(F)cc1. The standard InChI is InChI=1S/C25H21FN4O2/c26-20-6-4-17(5-7-20)24(31)10-21-8-18-9-22(29-12-19(18)11-28-21)23-13-27-14-25(30-23)32-15-16-2-1-3-16/h4-9,11-14,16H,1-3,10,15H2. The largest absolute Gasteiger partial charge is 0.476 e. The van der Waals surface area contributed by atoms with Gasteiger partial charge in [-0.2, -0.15) is 0 Å². The van der Waals surface area contributed by atoms with Crippen LogP contribution in [0.15, 0.2) is 61.2 Å². The van der Waals surface area contributed by atoms with Crippen LogP contribution in [0.4, 0.5) is 4.39 Å². The minimum Gasteiger partial charge on any atom is -0.476 e. The van der Waals surface area contributed by atoms with E-state index in [0.29, 0.717) is 41.1 Å². The third-order valence-electron chi connectivity index (χ3n) is 5.73. The van der Waals surface area contributed by atoms with Crippen LogP contribution in [0.5, 0.6) is 5.88 Å². The molecule has 7 heteroatoms. The number of ether oxygens (including phenoxy) is 1. The van der Waals surface area contributed by atoms with Gasteiger partial charge in [-0.05, 0) is 60.5 Å². The van der Waals surface area contributed by atoms with Crippen LogP contribution in [0.2, 0.25) is 0 Å². The predicted molar refractivity (Wildman–Crippen MR) is 118 cm³/mol. The molecule has 0 bridgehead atoms. The number of Topliss-reactive ketones (excluding diaryl/α,β-unsaturated/α-hetero) is 1. The number of nitrogens with zero attached hydrogens (tertiary/aromatic N) is 4. The molecule has 3 aromatic heterocycles. The van der Waals surface area contributed by atoms with Gasteiger partial charge in [0.2, 0.25) is 5.88 Å². The molecular weight excluding hydrogens is 407 g/mol. The minimum atomic E-state index is -0.369. The first-order chi connectivity index (χ1) is 15.6. The number of hydrogen-bond acceptors (Lipinski definition) is 6. The Kier molecular flexibility index (Phi) is 5.54. The minimum absolute atomic E-state index is 0.117. The summed E-state index contributed by atoms with van der Waals surface area (Å²) in [5.74, 6) is 0.624. The van der Waals surface area contributed by atoms with Gasteiger partial charge in [0.15, 0.2) is 5.78 Å².